The van der Waals surface area contributed by atoms with E-state index in [0.29, 0.717) is 16.7 Å². The molecule has 4 aromatic rings. The van der Waals surface area contributed by atoms with Crippen molar-refractivity contribution in [2.75, 3.05) is 11.9 Å². The highest BCUT2D eigenvalue weighted by atomic mass is 19.3. The topological polar surface area (TPSA) is 29.5 Å². The Bertz CT molecular complexity index is 1270. The fraction of sp³-hybridized carbons (Fsp3) is 0.0690. The molecule has 4 aromatic carbocycles. The van der Waals surface area contributed by atoms with Gasteiger partial charge in [0, 0.05) is 23.9 Å². The maximum absolute atomic E-state index is 13.6. The molecule has 0 aliphatic rings. The van der Waals surface area contributed by atoms with Crippen molar-refractivity contribution < 1.29 is 18.3 Å². The van der Waals surface area contributed by atoms with Crippen LogP contribution in [0.15, 0.2) is 109 Å². The van der Waals surface area contributed by atoms with Crippen molar-refractivity contribution in [2.24, 2.45) is 0 Å². The number of anilines is 1. The number of hydrogen-bond acceptors (Lipinski definition) is 2. The lowest BCUT2D eigenvalue weighted by Crippen LogP contribution is -2.27. The summed E-state index contributed by atoms with van der Waals surface area (Å²) in [4.78, 5) is 15.1. The summed E-state index contributed by atoms with van der Waals surface area (Å²) < 4.78 is 30.6. The summed E-state index contributed by atoms with van der Waals surface area (Å²) in [6.07, 6.45) is 1.59. The van der Waals surface area contributed by atoms with E-state index >= 15 is 0 Å². The van der Waals surface area contributed by atoms with Crippen molar-refractivity contribution in [1.82, 2.24) is 0 Å². The van der Waals surface area contributed by atoms with Crippen LogP contribution in [0, 0.1) is 0 Å². The van der Waals surface area contributed by atoms with Gasteiger partial charge in [-0.15, -0.1) is 0 Å². The maximum atomic E-state index is 13.6. The largest absolute Gasteiger partial charge is 0.434 e. The van der Waals surface area contributed by atoms with Crippen LogP contribution in [-0.2, 0) is 4.79 Å². The number of carbonyl (C=O) groups is 1. The number of carbonyl (C=O) groups excluding carboxylic acids is 1. The van der Waals surface area contributed by atoms with Gasteiger partial charge in [-0.25, -0.2) is 0 Å². The molecule has 3 nitrogen and oxygen atoms in total. The quantitative estimate of drug-likeness (QED) is 0.219. The van der Waals surface area contributed by atoms with E-state index in [0.717, 1.165) is 16.8 Å². The van der Waals surface area contributed by atoms with E-state index in [-0.39, 0.29) is 11.7 Å². The van der Waals surface area contributed by atoms with Gasteiger partial charge in [0.05, 0.1) is 0 Å². The molecule has 0 saturated carbocycles. The first kappa shape index (κ1) is 22.9. The van der Waals surface area contributed by atoms with Crippen molar-refractivity contribution in [3.05, 3.63) is 120 Å². The number of hydrogen-bond donors (Lipinski definition) is 0. The molecule has 34 heavy (non-hydrogen) atoms. The summed E-state index contributed by atoms with van der Waals surface area (Å²) >= 11 is 0. The molecular weight excluding hydrogens is 432 g/mol. The minimum atomic E-state index is -2.97. The van der Waals surface area contributed by atoms with Crippen molar-refractivity contribution >= 4 is 23.2 Å². The zero-order valence-corrected chi connectivity index (χ0v) is 18.6. The molecule has 0 heterocycles. The normalized spacial score (nSPS) is 11.4. The number of rotatable bonds is 7. The van der Waals surface area contributed by atoms with E-state index in [4.69, 9.17) is 0 Å². The van der Waals surface area contributed by atoms with E-state index in [1.807, 2.05) is 84.9 Å². The predicted molar refractivity (Wildman–Crippen MR) is 133 cm³/mol. The van der Waals surface area contributed by atoms with Crippen LogP contribution in [0.25, 0.3) is 22.8 Å². The molecule has 0 saturated heterocycles. The van der Waals surface area contributed by atoms with Gasteiger partial charge in [0.1, 0.15) is 5.75 Å². The molecule has 0 unspecified atom stereocenters. The first-order valence-corrected chi connectivity index (χ1v) is 10.8. The third-order valence-electron chi connectivity index (χ3n) is 5.42. The molecule has 0 aliphatic carbocycles. The van der Waals surface area contributed by atoms with Gasteiger partial charge in [-0.3, -0.25) is 4.79 Å². The van der Waals surface area contributed by atoms with Crippen LogP contribution < -0.4 is 9.64 Å². The number of likely N-dealkylation sites (N-methyl/N-ethyl adjacent to an activating group) is 1. The number of nitrogens with zero attached hydrogens (tertiary/aromatic N) is 1. The molecule has 1 amide bonds. The second-order valence-corrected chi connectivity index (χ2v) is 7.62. The summed E-state index contributed by atoms with van der Waals surface area (Å²) in [6, 6.07) is 33.2. The van der Waals surface area contributed by atoms with E-state index in [1.54, 1.807) is 31.3 Å². The Balaban J connectivity index is 1.77. The molecule has 5 heteroatoms. The van der Waals surface area contributed by atoms with E-state index in [2.05, 4.69) is 4.74 Å². The van der Waals surface area contributed by atoms with Crippen LogP contribution in [0.2, 0.25) is 0 Å². The SMILES string of the molecule is CN(C(=O)/C(=C/c1ccccc1OC(F)F)c1ccc(-c2ccccc2)cc1)c1ccccc1. The molecule has 0 bridgehead atoms. The van der Waals surface area contributed by atoms with Crippen LogP contribution in [0.4, 0.5) is 14.5 Å². The summed E-state index contributed by atoms with van der Waals surface area (Å²) in [5, 5.41) is 0. The zero-order valence-electron chi connectivity index (χ0n) is 18.6. The van der Waals surface area contributed by atoms with Crippen molar-refractivity contribution in [3.63, 3.8) is 0 Å². The predicted octanol–water partition coefficient (Wildman–Crippen LogP) is 7.16. The van der Waals surface area contributed by atoms with Gasteiger partial charge < -0.3 is 9.64 Å². The highest BCUT2D eigenvalue weighted by Gasteiger charge is 2.19. The van der Waals surface area contributed by atoms with Gasteiger partial charge >= 0.3 is 6.61 Å². The summed E-state index contributed by atoms with van der Waals surface area (Å²) in [5.41, 5.74) is 4.20. The van der Waals surface area contributed by atoms with Gasteiger partial charge in [-0.2, -0.15) is 8.78 Å². The Morgan fingerprint density at radius 2 is 1.32 bits per heavy atom. The second kappa shape index (κ2) is 10.6. The highest BCUT2D eigenvalue weighted by Crippen LogP contribution is 2.30. The van der Waals surface area contributed by atoms with Gasteiger partial charge in [-0.05, 0) is 41.0 Å². The first-order chi connectivity index (χ1) is 16.5. The van der Waals surface area contributed by atoms with Crippen LogP contribution in [0.5, 0.6) is 5.75 Å². The number of amides is 1. The molecule has 0 atom stereocenters. The Hall–Kier alpha value is -4.25. The molecule has 0 spiro atoms. The molecular formula is C29H23F2NO2. The van der Waals surface area contributed by atoms with Gasteiger partial charge in [-0.1, -0.05) is 91.0 Å². The average Bonchev–Trinajstić information content (AvgIpc) is 2.88. The van der Waals surface area contributed by atoms with Crippen LogP contribution >= 0.6 is 0 Å². The number of alkyl halides is 2. The number of para-hydroxylation sites is 2. The zero-order chi connectivity index (χ0) is 23.9. The van der Waals surface area contributed by atoms with Gasteiger partial charge in [0.2, 0.25) is 0 Å². The lowest BCUT2D eigenvalue weighted by molar-refractivity contribution is -0.113. The second-order valence-electron chi connectivity index (χ2n) is 7.62. The average molecular weight is 456 g/mol. The Morgan fingerprint density at radius 3 is 1.97 bits per heavy atom. The van der Waals surface area contributed by atoms with Gasteiger partial charge in [0.15, 0.2) is 0 Å². The minimum Gasteiger partial charge on any atom is -0.434 e. The van der Waals surface area contributed by atoms with Crippen LogP contribution in [-0.4, -0.2) is 19.6 Å². The van der Waals surface area contributed by atoms with Crippen LogP contribution in [0.1, 0.15) is 11.1 Å². The third kappa shape index (κ3) is 5.38. The Labute approximate surface area is 197 Å². The third-order valence-corrected chi connectivity index (χ3v) is 5.42. The summed E-state index contributed by atoms with van der Waals surface area (Å²) in [7, 11) is 1.69. The van der Waals surface area contributed by atoms with Crippen molar-refractivity contribution in [2.45, 2.75) is 6.61 Å². The standard InChI is InChI=1S/C29H23F2NO2/c1-32(25-13-6-3-7-14-25)28(33)26(20-24-12-8-9-15-27(24)34-29(30)31)23-18-16-22(17-19-23)21-10-4-2-5-11-21/h2-20,29H,1H3/b26-20+. The molecule has 0 aromatic heterocycles. The lowest BCUT2D eigenvalue weighted by Gasteiger charge is -2.20. The van der Waals surface area contributed by atoms with Crippen molar-refractivity contribution in [1.29, 1.82) is 0 Å². The molecule has 0 N–H and O–H groups in total. The molecule has 0 aliphatic heterocycles. The fourth-order valence-corrected chi connectivity index (χ4v) is 3.65. The molecule has 0 fully saturated rings. The smallest absolute Gasteiger partial charge is 0.387 e. The Kier molecular flexibility index (Phi) is 7.13. The fourth-order valence-electron chi connectivity index (χ4n) is 3.65. The van der Waals surface area contributed by atoms with E-state index in [9.17, 15) is 13.6 Å². The van der Waals surface area contributed by atoms with Crippen LogP contribution in [0.3, 0.4) is 0 Å². The van der Waals surface area contributed by atoms with E-state index in [1.165, 1.54) is 11.0 Å². The first-order valence-electron chi connectivity index (χ1n) is 10.8. The summed E-state index contributed by atoms with van der Waals surface area (Å²) in [6.45, 7) is -2.97. The molecule has 170 valence electrons. The van der Waals surface area contributed by atoms with E-state index < -0.39 is 6.61 Å². The monoisotopic (exact) mass is 455 g/mol. The maximum Gasteiger partial charge on any atom is 0.387 e. The summed E-state index contributed by atoms with van der Waals surface area (Å²) in [5.74, 6) is -0.267. The lowest BCUT2D eigenvalue weighted by atomic mass is 9.97. The number of halogens is 2. The molecule has 4 rings (SSSR count). The number of ether oxygens (including phenoxy) is 1. The number of benzene rings is 4. The minimum absolute atomic E-state index is 0.00562. The van der Waals surface area contributed by atoms with Crippen molar-refractivity contribution in [3.8, 4) is 16.9 Å². The highest BCUT2D eigenvalue weighted by molar-refractivity contribution is 6.30. The molecule has 0 radical (unpaired) electrons. The Morgan fingerprint density at radius 1 is 0.765 bits per heavy atom. The van der Waals surface area contributed by atoms with Gasteiger partial charge in [0.25, 0.3) is 5.91 Å².